The highest BCUT2D eigenvalue weighted by Crippen LogP contribution is 2.25. The zero-order valence-electron chi connectivity index (χ0n) is 11.6. The minimum atomic E-state index is -0.642. The Bertz CT molecular complexity index is 550. The molecule has 1 aliphatic heterocycles. The van der Waals surface area contributed by atoms with Crippen molar-refractivity contribution < 1.29 is 19.4 Å². The van der Waals surface area contributed by atoms with Crippen molar-refractivity contribution in [2.75, 3.05) is 26.3 Å². The summed E-state index contributed by atoms with van der Waals surface area (Å²) < 4.78 is 5.81. The highest BCUT2D eigenvalue weighted by atomic mass is 79.9. The van der Waals surface area contributed by atoms with E-state index in [4.69, 9.17) is 4.74 Å². The maximum Gasteiger partial charge on any atom is 0.254 e. The van der Waals surface area contributed by atoms with Gasteiger partial charge in [-0.3, -0.25) is 9.59 Å². The van der Waals surface area contributed by atoms with Gasteiger partial charge in [-0.05, 0) is 41.1 Å². The average Bonchev–Trinajstić information content (AvgIpc) is 2.49. The second kappa shape index (κ2) is 6.91. The number of rotatable bonds is 3. The zero-order valence-corrected chi connectivity index (χ0v) is 13.2. The summed E-state index contributed by atoms with van der Waals surface area (Å²) in [7, 11) is 0. The number of nitrogens with zero attached hydrogens (tertiary/aromatic N) is 1. The molecule has 1 aliphatic rings. The average molecular weight is 357 g/mol. The van der Waals surface area contributed by atoms with Crippen molar-refractivity contribution in [3.63, 3.8) is 0 Å². The molecule has 1 saturated heterocycles. The van der Waals surface area contributed by atoms with Crippen molar-refractivity contribution in [3.05, 3.63) is 28.2 Å². The van der Waals surface area contributed by atoms with Crippen molar-refractivity contribution in [1.82, 2.24) is 10.2 Å². The molecule has 1 aromatic carbocycles. The molecule has 1 fully saturated rings. The molecule has 6 nitrogen and oxygen atoms in total. The van der Waals surface area contributed by atoms with Gasteiger partial charge < -0.3 is 20.1 Å². The fourth-order valence-corrected chi connectivity index (χ4v) is 2.41. The van der Waals surface area contributed by atoms with E-state index in [-0.39, 0.29) is 24.2 Å². The fraction of sp³-hybridized carbons (Fsp3) is 0.429. The number of benzene rings is 1. The Morgan fingerprint density at radius 3 is 2.95 bits per heavy atom. The summed E-state index contributed by atoms with van der Waals surface area (Å²) in [6, 6.07) is 3.95. The van der Waals surface area contributed by atoms with Crippen LogP contribution >= 0.6 is 15.9 Å². The molecule has 2 N–H and O–H groups in total. The van der Waals surface area contributed by atoms with Gasteiger partial charge in [0.2, 0.25) is 5.91 Å². The molecule has 1 heterocycles. The summed E-state index contributed by atoms with van der Waals surface area (Å²) in [6.45, 7) is 3.23. The summed E-state index contributed by atoms with van der Waals surface area (Å²) in [4.78, 5) is 26.1. The predicted molar refractivity (Wildman–Crippen MR) is 80.1 cm³/mol. The molecular formula is C14H17BrN2O4. The molecule has 0 aromatic heterocycles. The monoisotopic (exact) mass is 356 g/mol. The quantitative estimate of drug-likeness (QED) is 0.850. The van der Waals surface area contributed by atoms with E-state index in [0.29, 0.717) is 29.7 Å². The number of carbonyl (C=O) groups excluding carboxylic acids is 2. The SMILES string of the molecule is CCNC(=O)C1COCCN1C(=O)c1ccc(Br)c(O)c1. The smallest absolute Gasteiger partial charge is 0.254 e. The number of carbonyl (C=O) groups is 2. The Morgan fingerprint density at radius 2 is 2.29 bits per heavy atom. The third-order valence-electron chi connectivity index (χ3n) is 3.24. The van der Waals surface area contributed by atoms with Gasteiger partial charge >= 0.3 is 0 Å². The number of ether oxygens (including phenoxy) is 1. The van der Waals surface area contributed by atoms with Crippen LogP contribution in [0.4, 0.5) is 0 Å². The number of phenols is 1. The lowest BCUT2D eigenvalue weighted by molar-refractivity contribution is -0.130. The molecule has 0 radical (unpaired) electrons. The van der Waals surface area contributed by atoms with Crippen molar-refractivity contribution in [2.45, 2.75) is 13.0 Å². The molecule has 21 heavy (non-hydrogen) atoms. The summed E-state index contributed by atoms with van der Waals surface area (Å²) in [5.41, 5.74) is 0.340. The number of aromatic hydroxyl groups is 1. The minimum absolute atomic E-state index is 0.0105. The van der Waals surface area contributed by atoms with Crippen LogP contribution in [-0.2, 0) is 9.53 Å². The standard InChI is InChI=1S/C14H17BrN2O4/c1-2-16-13(19)11-8-21-6-5-17(11)14(20)9-3-4-10(15)12(18)7-9/h3-4,7,11,18H,2,5-6,8H2,1H3,(H,16,19). The molecule has 2 amide bonds. The first kappa shape index (κ1) is 15.8. The lowest BCUT2D eigenvalue weighted by atomic mass is 10.1. The molecule has 0 bridgehead atoms. The molecule has 1 atom stereocenters. The Morgan fingerprint density at radius 1 is 1.52 bits per heavy atom. The van der Waals surface area contributed by atoms with E-state index in [1.54, 1.807) is 12.1 Å². The Hall–Kier alpha value is -1.60. The topological polar surface area (TPSA) is 78.9 Å². The second-order valence-corrected chi connectivity index (χ2v) is 5.50. The molecule has 0 spiro atoms. The van der Waals surface area contributed by atoms with E-state index in [1.807, 2.05) is 6.92 Å². The zero-order chi connectivity index (χ0) is 15.4. The first-order chi connectivity index (χ1) is 10.0. The predicted octanol–water partition coefficient (Wildman–Crippen LogP) is 1.13. The number of morpholine rings is 1. The molecule has 0 aliphatic carbocycles. The van der Waals surface area contributed by atoms with Crippen molar-refractivity contribution in [3.8, 4) is 5.75 Å². The number of hydrogen-bond donors (Lipinski definition) is 2. The molecule has 7 heteroatoms. The number of halogens is 1. The van der Waals surface area contributed by atoms with E-state index >= 15 is 0 Å². The maximum absolute atomic E-state index is 12.5. The van der Waals surface area contributed by atoms with Crippen LogP contribution in [0.3, 0.4) is 0 Å². The molecule has 1 unspecified atom stereocenters. The van der Waals surface area contributed by atoms with Crippen LogP contribution in [0.25, 0.3) is 0 Å². The van der Waals surface area contributed by atoms with Crippen LogP contribution in [0.15, 0.2) is 22.7 Å². The highest BCUT2D eigenvalue weighted by molar-refractivity contribution is 9.10. The Labute approximate surface area is 131 Å². The largest absolute Gasteiger partial charge is 0.507 e. The number of nitrogens with one attached hydrogen (secondary N) is 1. The summed E-state index contributed by atoms with van der Waals surface area (Å²) in [5, 5.41) is 12.4. The van der Waals surface area contributed by atoms with Gasteiger partial charge in [0.1, 0.15) is 11.8 Å². The van der Waals surface area contributed by atoms with E-state index < -0.39 is 6.04 Å². The lowest BCUT2D eigenvalue weighted by Gasteiger charge is -2.34. The van der Waals surface area contributed by atoms with E-state index in [2.05, 4.69) is 21.2 Å². The Balaban J connectivity index is 2.21. The van der Waals surface area contributed by atoms with Gasteiger partial charge in [-0.2, -0.15) is 0 Å². The van der Waals surface area contributed by atoms with Crippen LogP contribution < -0.4 is 5.32 Å². The maximum atomic E-state index is 12.5. The first-order valence-corrected chi connectivity index (χ1v) is 7.48. The van der Waals surface area contributed by atoms with Crippen molar-refractivity contribution in [1.29, 1.82) is 0 Å². The lowest BCUT2D eigenvalue weighted by Crippen LogP contribution is -2.55. The van der Waals surface area contributed by atoms with Gasteiger partial charge in [0.25, 0.3) is 5.91 Å². The number of hydrogen-bond acceptors (Lipinski definition) is 4. The van der Waals surface area contributed by atoms with Gasteiger partial charge in [-0.1, -0.05) is 0 Å². The van der Waals surface area contributed by atoms with Gasteiger partial charge in [0.15, 0.2) is 0 Å². The molecule has 1 aromatic rings. The van der Waals surface area contributed by atoms with E-state index in [1.165, 1.54) is 11.0 Å². The van der Waals surface area contributed by atoms with E-state index in [0.717, 1.165) is 0 Å². The van der Waals surface area contributed by atoms with Gasteiger partial charge in [-0.15, -0.1) is 0 Å². The molecular weight excluding hydrogens is 340 g/mol. The molecule has 2 rings (SSSR count). The van der Waals surface area contributed by atoms with E-state index in [9.17, 15) is 14.7 Å². The van der Waals surface area contributed by atoms with Crippen molar-refractivity contribution >= 4 is 27.7 Å². The Kier molecular flexibility index (Phi) is 5.19. The number of phenolic OH excluding ortho intramolecular Hbond substituents is 1. The summed E-state index contributed by atoms with van der Waals surface area (Å²) in [6.07, 6.45) is 0. The van der Waals surface area contributed by atoms with Gasteiger partial charge in [-0.25, -0.2) is 0 Å². The summed E-state index contributed by atoms with van der Waals surface area (Å²) in [5.74, 6) is -0.534. The minimum Gasteiger partial charge on any atom is -0.507 e. The highest BCUT2D eigenvalue weighted by Gasteiger charge is 2.33. The van der Waals surface area contributed by atoms with Gasteiger partial charge in [0, 0.05) is 18.7 Å². The van der Waals surface area contributed by atoms with Crippen LogP contribution in [0.5, 0.6) is 5.75 Å². The van der Waals surface area contributed by atoms with Crippen molar-refractivity contribution in [2.24, 2.45) is 0 Å². The van der Waals surface area contributed by atoms with Crippen LogP contribution in [-0.4, -0.2) is 54.2 Å². The normalized spacial score (nSPS) is 18.4. The second-order valence-electron chi connectivity index (χ2n) is 4.65. The van der Waals surface area contributed by atoms with Crippen LogP contribution in [0, 0.1) is 0 Å². The third-order valence-corrected chi connectivity index (χ3v) is 3.91. The van der Waals surface area contributed by atoms with Gasteiger partial charge in [0.05, 0.1) is 17.7 Å². The molecule has 114 valence electrons. The number of likely N-dealkylation sites (N-methyl/N-ethyl adjacent to an activating group) is 1. The fourth-order valence-electron chi connectivity index (χ4n) is 2.17. The first-order valence-electron chi connectivity index (χ1n) is 6.69. The third kappa shape index (κ3) is 3.54. The van der Waals surface area contributed by atoms with Crippen LogP contribution in [0.1, 0.15) is 17.3 Å². The van der Waals surface area contributed by atoms with Crippen LogP contribution in [0.2, 0.25) is 0 Å². The summed E-state index contributed by atoms with van der Waals surface area (Å²) >= 11 is 3.17. The number of amides is 2. The molecule has 0 saturated carbocycles.